The Morgan fingerprint density at radius 1 is 0.676 bits per heavy atom. The van der Waals surface area contributed by atoms with Crippen LogP contribution in [-0.4, -0.2) is 173 Å². The van der Waals surface area contributed by atoms with Crippen molar-refractivity contribution in [3.05, 3.63) is 71.8 Å². The van der Waals surface area contributed by atoms with Crippen molar-refractivity contribution < 1.29 is 72.1 Å². The van der Waals surface area contributed by atoms with E-state index >= 15 is 0 Å². The molecule has 0 aromatic heterocycles. The summed E-state index contributed by atoms with van der Waals surface area (Å²) in [6.45, 7) is 13.3. The number of carbonyl (C=O) groups excluding carboxylic acids is 5. The molecule has 3 fully saturated rings. The van der Waals surface area contributed by atoms with E-state index in [1.54, 1.807) is 48.5 Å². The molecule has 10 unspecified atom stereocenters. The van der Waals surface area contributed by atoms with Gasteiger partial charge in [0, 0.05) is 51.9 Å². The molecule has 380 valence electrons. The minimum atomic E-state index is -0.850. The lowest BCUT2D eigenvalue weighted by atomic mass is 9.82. The van der Waals surface area contributed by atoms with Crippen LogP contribution in [0.1, 0.15) is 75.1 Å². The van der Waals surface area contributed by atoms with Crippen LogP contribution in [0.4, 0.5) is 4.79 Å². The standard InChI is InChI=1S/C27H41N3O9.C21H32N2O6/c1-4-21-18(2)23(39-24(34)20-8-6-5-7-9-20)22(29-19(3)33)25(38-21)37-13-12-36-11-10-28-26(35)30-14-27(15-30,16-31)17-32;1-4-17-14(2)19(29-20(25)16-8-6-5-7-9-16)18(23-15(3)24)21(28-17)27-13-12-26-11-10-22/h5-9,18,21-23,25,31-32H,4,10-17H2,1-3H3,(H,28,35)(H,29,33);5-9,14,17-19,21H,4,10-13,22H2,1-3H3,(H,23,24). The normalized spacial score (nSPS) is 26.2. The van der Waals surface area contributed by atoms with E-state index in [1.807, 2.05) is 39.8 Å². The fraction of sp³-hybridized carbons (Fsp3) is 0.646. The molecule has 4 amide bonds. The molecule has 0 spiro atoms. The van der Waals surface area contributed by atoms with Crippen LogP contribution in [0.15, 0.2) is 60.7 Å². The minimum Gasteiger partial charge on any atom is -0.456 e. The number of hydrogen-bond acceptors (Lipinski definition) is 16. The van der Waals surface area contributed by atoms with Crippen LogP contribution in [0, 0.1) is 17.3 Å². The number of rotatable bonds is 23. The number of aliphatic hydroxyl groups is 2. The van der Waals surface area contributed by atoms with Gasteiger partial charge in [0.15, 0.2) is 12.6 Å². The van der Waals surface area contributed by atoms with Crippen molar-refractivity contribution in [3.8, 4) is 0 Å². The number of carbonyl (C=O) groups is 5. The Kier molecular flexibility index (Phi) is 23.5. The van der Waals surface area contributed by atoms with Gasteiger partial charge in [0.05, 0.1) is 81.6 Å². The number of nitrogens with two attached hydrogens (primary N) is 1. The van der Waals surface area contributed by atoms with Gasteiger partial charge in [0.1, 0.15) is 24.3 Å². The van der Waals surface area contributed by atoms with Crippen LogP contribution in [0.5, 0.6) is 0 Å². The van der Waals surface area contributed by atoms with E-state index in [9.17, 15) is 34.2 Å². The number of benzene rings is 2. The number of amides is 4. The average Bonchev–Trinajstić information content (AvgIpc) is 3.32. The maximum Gasteiger partial charge on any atom is 0.338 e. The van der Waals surface area contributed by atoms with Gasteiger partial charge in [-0.05, 0) is 37.1 Å². The van der Waals surface area contributed by atoms with Gasteiger partial charge in [0.2, 0.25) is 11.8 Å². The van der Waals surface area contributed by atoms with Crippen LogP contribution in [-0.2, 0) is 47.5 Å². The maximum atomic E-state index is 12.8. The van der Waals surface area contributed by atoms with Gasteiger partial charge in [-0.1, -0.05) is 64.1 Å². The number of ether oxygens (including phenoxy) is 8. The highest BCUT2D eigenvalue weighted by Gasteiger charge is 2.48. The van der Waals surface area contributed by atoms with Crippen LogP contribution >= 0.6 is 0 Å². The maximum absolute atomic E-state index is 12.8. The van der Waals surface area contributed by atoms with Crippen molar-refractivity contribution >= 4 is 29.8 Å². The Morgan fingerprint density at radius 3 is 1.49 bits per heavy atom. The van der Waals surface area contributed by atoms with Crippen molar-refractivity contribution in [2.75, 3.05) is 79.0 Å². The Labute approximate surface area is 399 Å². The fourth-order valence-corrected chi connectivity index (χ4v) is 8.27. The summed E-state index contributed by atoms with van der Waals surface area (Å²) >= 11 is 0. The summed E-state index contributed by atoms with van der Waals surface area (Å²) in [5.74, 6) is -1.80. The Bertz CT molecular complexity index is 1840. The van der Waals surface area contributed by atoms with Crippen LogP contribution < -0.4 is 21.7 Å². The van der Waals surface area contributed by atoms with Gasteiger partial charge < -0.3 is 74.7 Å². The van der Waals surface area contributed by atoms with Gasteiger partial charge >= 0.3 is 18.0 Å². The zero-order valence-electron chi connectivity index (χ0n) is 40.2. The Balaban J connectivity index is 0.000000310. The van der Waals surface area contributed by atoms with Crippen LogP contribution in [0.3, 0.4) is 0 Å². The topological polar surface area (TPSA) is 265 Å². The predicted octanol–water partition coefficient (Wildman–Crippen LogP) is 2.00. The van der Waals surface area contributed by atoms with Crippen LogP contribution in [0.25, 0.3) is 0 Å². The van der Waals surface area contributed by atoms with E-state index in [2.05, 4.69) is 16.0 Å². The van der Waals surface area contributed by atoms with E-state index in [1.165, 1.54) is 18.7 Å². The zero-order valence-corrected chi connectivity index (χ0v) is 40.2. The molecule has 0 radical (unpaired) electrons. The van der Waals surface area contributed by atoms with E-state index in [4.69, 9.17) is 43.6 Å². The number of nitrogens with zero attached hydrogens (tertiary/aromatic N) is 1. The van der Waals surface area contributed by atoms with Gasteiger partial charge in [-0.2, -0.15) is 0 Å². The summed E-state index contributed by atoms with van der Waals surface area (Å²) in [7, 11) is 0. The summed E-state index contributed by atoms with van der Waals surface area (Å²) in [6, 6.07) is 15.8. The van der Waals surface area contributed by atoms with Gasteiger partial charge in [-0.3, -0.25) is 9.59 Å². The van der Waals surface area contributed by atoms with Crippen molar-refractivity contribution in [1.29, 1.82) is 0 Å². The molecule has 0 aliphatic carbocycles. The van der Waals surface area contributed by atoms with E-state index in [-0.39, 0.29) is 88.1 Å². The quantitative estimate of drug-likeness (QED) is 0.0687. The molecule has 20 heteroatoms. The second-order valence-corrected chi connectivity index (χ2v) is 17.2. The van der Waals surface area contributed by atoms with E-state index < -0.39 is 54.2 Å². The fourth-order valence-electron chi connectivity index (χ4n) is 8.27. The SMILES string of the molecule is CCC1OC(OCCOCCN)C(NC(C)=O)C(OC(=O)c2ccccc2)C1C.CCC1OC(OCCOCCNC(=O)N2CC(CO)(CO)C2)C(NC(C)=O)C(OC(=O)c2ccccc2)C1C. The number of aliphatic hydroxyl groups excluding tert-OH is 2. The molecule has 3 aliphatic rings. The lowest BCUT2D eigenvalue weighted by molar-refractivity contribution is -0.251. The molecule has 2 aromatic carbocycles. The van der Waals surface area contributed by atoms with E-state index in [0.717, 1.165) is 6.42 Å². The molecule has 68 heavy (non-hydrogen) atoms. The first-order valence-electron chi connectivity index (χ1n) is 23.4. The molecule has 3 saturated heterocycles. The number of hydrogen-bond donors (Lipinski definition) is 6. The molecule has 3 aliphatic heterocycles. The third-order valence-corrected chi connectivity index (χ3v) is 12.0. The largest absolute Gasteiger partial charge is 0.456 e. The molecular formula is C48H73N5O15. The number of nitrogens with one attached hydrogen (secondary N) is 3. The second-order valence-electron chi connectivity index (χ2n) is 17.2. The highest BCUT2D eigenvalue weighted by atomic mass is 16.7. The summed E-state index contributed by atoms with van der Waals surface area (Å²) in [5, 5.41) is 27.1. The Hall–Kier alpha value is -4.77. The van der Waals surface area contributed by atoms with Crippen molar-refractivity contribution in [3.63, 3.8) is 0 Å². The van der Waals surface area contributed by atoms with Gasteiger partial charge in [0.25, 0.3) is 0 Å². The lowest BCUT2D eigenvalue weighted by Gasteiger charge is -2.47. The van der Waals surface area contributed by atoms with Crippen molar-refractivity contribution in [2.45, 2.75) is 103 Å². The van der Waals surface area contributed by atoms with Crippen molar-refractivity contribution in [2.24, 2.45) is 23.0 Å². The average molecular weight is 960 g/mol. The molecule has 7 N–H and O–H groups in total. The smallest absolute Gasteiger partial charge is 0.338 e. The summed E-state index contributed by atoms with van der Waals surface area (Å²) < 4.78 is 46.6. The first-order valence-corrected chi connectivity index (χ1v) is 23.4. The van der Waals surface area contributed by atoms with E-state index in [0.29, 0.717) is 50.4 Å². The zero-order chi connectivity index (χ0) is 49.6. The van der Waals surface area contributed by atoms with Gasteiger partial charge in [-0.15, -0.1) is 0 Å². The summed E-state index contributed by atoms with van der Waals surface area (Å²) in [6.07, 6.45) is -1.91. The molecule has 3 heterocycles. The minimum absolute atomic E-state index is 0.127. The van der Waals surface area contributed by atoms with Gasteiger partial charge in [-0.25, -0.2) is 14.4 Å². The summed E-state index contributed by atoms with van der Waals surface area (Å²) in [5.41, 5.74) is 5.66. The first-order chi connectivity index (χ1) is 32.7. The van der Waals surface area contributed by atoms with Crippen molar-refractivity contribution in [1.82, 2.24) is 20.9 Å². The molecule has 0 bridgehead atoms. The Morgan fingerprint density at radius 2 is 1.10 bits per heavy atom. The second kappa shape index (κ2) is 28.7. The molecule has 20 nitrogen and oxygen atoms in total. The van der Waals surface area contributed by atoms with Crippen LogP contribution in [0.2, 0.25) is 0 Å². The molecule has 5 rings (SSSR count). The third kappa shape index (κ3) is 16.4. The number of likely N-dealkylation sites (tertiary alicyclic amines) is 1. The highest BCUT2D eigenvalue weighted by molar-refractivity contribution is 5.90. The third-order valence-electron chi connectivity index (χ3n) is 12.0. The first kappa shape index (κ1) is 55.8. The number of esters is 2. The number of urea groups is 1. The lowest BCUT2D eigenvalue weighted by Crippen LogP contribution is -2.64. The molecular weight excluding hydrogens is 887 g/mol. The molecule has 0 saturated carbocycles. The highest BCUT2D eigenvalue weighted by Crippen LogP contribution is 2.33. The summed E-state index contributed by atoms with van der Waals surface area (Å²) in [4.78, 5) is 63.0. The molecule has 10 atom stereocenters. The predicted molar refractivity (Wildman–Crippen MR) is 247 cm³/mol. The monoisotopic (exact) mass is 960 g/mol. The molecule has 2 aromatic rings.